The SMILES string of the molecule is COc1ccccc1C1=NOC(C)(C)N1NC(=O)CCC(=O)O. The number of carbonyl (C=O) groups excluding carboxylic acids is 1. The summed E-state index contributed by atoms with van der Waals surface area (Å²) in [7, 11) is 1.54. The highest BCUT2D eigenvalue weighted by Crippen LogP contribution is 2.29. The fourth-order valence-electron chi connectivity index (χ4n) is 2.08. The van der Waals surface area contributed by atoms with Crippen molar-refractivity contribution in [2.75, 3.05) is 7.11 Å². The van der Waals surface area contributed by atoms with Crippen LogP contribution in [-0.2, 0) is 14.4 Å². The van der Waals surface area contributed by atoms with Crippen molar-refractivity contribution in [2.24, 2.45) is 5.16 Å². The fourth-order valence-corrected chi connectivity index (χ4v) is 2.08. The lowest BCUT2D eigenvalue weighted by atomic mass is 10.1. The molecule has 2 rings (SSSR count). The van der Waals surface area contributed by atoms with E-state index in [9.17, 15) is 9.59 Å². The number of amidine groups is 1. The van der Waals surface area contributed by atoms with Crippen LogP contribution in [0.4, 0.5) is 0 Å². The van der Waals surface area contributed by atoms with Gasteiger partial charge in [-0.1, -0.05) is 17.3 Å². The van der Waals surface area contributed by atoms with Crippen LogP contribution < -0.4 is 10.2 Å². The van der Waals surface area contributed by atoms with Crippen molar-refractivity contribution in [3.8, 4) is 5.75 Å². The number of hydrogen-bond acceptors (Lipinski definition) is 6. The molecule has 1 amide bonds. The van der Waals surface area contributed by atoms with Gasteiger partial charge in [-0.3, -0.25) is 15.0 Å². The molecule has 1 aromatic carbocycles. The van der Waals surface area contributed by atoms with Crippen molar-refractivity contribution >= 4 is 17.7 Å². The predicted molar refractivity (Wildman–Crippen MR) is 81.5 cm³/mol. The molecule has 0 fully saturated rings. The number of hydrazine groups is 1. The predicted octanol–water partition coefficient (Wildman–Crippen LogP) is 1.32. The third kappa shape index (κ3) is 3.71. The maximum absolute atomic E-state index is 12.0. The van der Waals surface area contributed by atoms with Crippen LogP contribution in [-0.4, -0.2) is 40.7 Å². The molecule has 8 heteroatoms. The van der Waals surface area contributed by atoms with Gasteiger partial charge in [0.15, 0.2) is 0 Å². The minimum absolute atomic E-state index is 0.138. The highest BCUT2D eigenvalue weighted by Gasteiger charge is 2.40. The quantitative estimate of drug-likeness (QED) is 0.819. The van der Waals surface area contributed by atoms with Crippen LogP contribution >= 0.6 is 0 Å². The van der Waals surface area contributed by atoms with Crippen molar-refractivity contribution < 1.29 is 24.3 Å². The lowest BCUT2D eigenvalue weighted by molar-refractivity contribution is -0.141. The second-order valence-electron chi connectivity index (χ2n) is 5.42. The van der Waals surface area contributed by atoms with E-state index in [2.05, 4.69) is 10.6 Å². The van der Waals surface area contributed by atoms with E-state index in [0.29, 0.717) is 17.1 Å². The molecule has 23 heavy (non-hydrogen) atoms. The summed E-state index contributed by atoms with van der Waals surface area (Å²) >= 11 is 0. The number of amides is 1. The van der Waals surface area contributed by atoms with Gasteiger partial charge in [0, 0.05) is 6.42 Å². The number of para-hydroxylation sites is 1. The van der Waals surface area contributed by atoms with Crippen molar-refractivity contribution in [1.82, 2.24) is 10.4 Å². The summed E-state index contributed by atoms with van der Waals surface area (Å²) < 4.78 is 5.30. The zero-order valence-corrected chi connectivity index (χ0v) is 13.2. The molecule has 0 radical (unpaired) electrons. The number of rotatable bonds is 6. The monoisotopic (exact) mass is 321 g/mol. The number of carboxylic acids is 1. The minimum atomic E-state index is -1.03. The second-order valence-corrected chi connectivity index (χ2v) is 5.42. The first-order chi connectivity index (χ1) is 10.8. The summed E-state index contributed by atoms with van der Waals surface area (Å²) in [6.45, 7) is 3.47. The molecule has 0 unspecified atom stereocenters. The van der Waals surface area contributed by atoms with Crippen LogP contribution in [0.5, 0.6) is 5.75 Å². The van der Waals surface area contributed by atoms with E-state index in [1.165, 1.54) is 12.1 Å². The lowest BCUT2D eigenvalue weighted by Gasteiger charge is -2.31. The summed E-state index contributed by atoms with van der Waals surface area (Å²) in [5, 5.41) is 14.2. The number of methoxy groups -OCH3 is 1. The van der Waals surface area contributed by atoms with E-state index in [4.69, 9.17) is 14.7 Å². The molecular weight excluding hydrogens is 302 g/mol. The molecule has 0 spiro atoms. The van der Waals surface area contributed by atoms with E-state index < -0.39 is 17.6 Å². The van der Waals surface area contributed by atoms with E-state index in [-0.39, 0.29) is 12.8 Å². The topological polar surface area (TPSA) is 100 Å². The molecule has 1 aromatic rings. The third-order valence-corrected chi connectivity index (χ3v) is 3.26. The molecule has 1 aliphatic heterocycles. The largest absolute Gasteiger partial charge is 0.496 e. The molecule has 0 atom stereocenters. The summed E-state index contributed by atoms with van der Waals surface area (Å²) in [6, 6.07) is 7.20. The van der Waals surface area contributed by atoms with Crippen LogP contribution in [0.25, 0.3) is 0 Å². The molecule has 0 bridgehead atoms. The Morgan fingerprint density at radius 1 is 1.35 bits per heavy atom. The molecule has 1 aliphatic rings. The Hall–Kier alpha value is -2.77. The minimum Gasteiger partial charge on any atom is -0.496 e. The van der Waals surface area contributed by atoms with Gasteiger partial charge in [0.25, 0.3) is 0 Å². The highest BCUT2D eigenvalue weighted by atomic mass is 16.7. The smallest absolute Gasteiger partial charge is 0.303 e. The van der Waals surface area contributed by atoms with Crippen LogP contribution in [0.3, 0.4) is 0 Å². The van der Waals surface area contributed by atoms with Gasteiger partial charge >= 0.3 is 5.97 Å². The average molecular weight is 321 g/mol. The Balaban J connectivity index is 2.22. The Kier molecular flexibility index (Phi) is 4.73. The highest BCUT2D eigenvalue weighted by molar-refractivity contribution is 6.02. The Bertz CT molecular complexity index is 642. The zero-order valence-electron chi connectivity index (χ0n) is 13.2. The van der Waals surface area contributed by atoms with Crippen molar-refractivity contribution in [1.29, 1.82) is 0 Å². The molecule has 0 saturated carbocycles. The number of nitrogens with zero attached hydrogens (tertiary/aromatic N) is 2. The molecule has 0 aliphatic carbocycles. The third-order valence-electron chi connectivity index (χ3n) is 3.26. The molecule has 0 aromatic heterocycles. The number of hydrogen-bond donors (Lipinski definition) is 2. The van der Waals surface area contributed by atoms with Crippen LogP contribution in [0, 0.1) is 0 Å². The number of benzene rings is 1. The number of aliphatic carboxylic acids is 1. The zero-order chi connectivity index (χ0) is 17.0. The van der Waals surface area contributed by atoms with E-state index in [1.807, 2.05) is 12.1 Å². The first kappa shape index (κ1) is 16.6. The molecule has 1 heterocycles. The van der Waals surface area contributed by atoms with Gasteiger partial charge in [0.05, 0.1) is 19.1 Å². The average Bonchev–Trinajstić information content (AvgIpc) is 2.80. The number of carboxylic acid groups (broad SMARTS) is 1. The number of ether oxygens (including phenoxy) is 1. The second kappa shape index (κ2) is 6.55. The molecule has 124 valence electrons. The molecular formula is C15H19N3O5. The van der Waals surface area contributed by atoms with Crippen LogP contribution in [0.2, 0.25) is 0 Å². The van der Waals surface area contributed by atoms with Gasteiger partial charge in [-0.05, 0) is 26.0 Å². The Morgan fingerprint density at radius 2 is 2.04 bits per heavy atom. The van der Waals surface area contributed by atoms with Gasteiger partial charge in [0.2, 0.25) is 17.5 Å². The van der Waals surface area contributed by atoms with Gasteiger partial charge in [-0.15, -0.1) is 0 Å². The fraction of sp³-hybridized carbons (Fsp3) is 0.400. The summed E-state index contributed by atoms with van der Waals surface area (Å²) in [4.78, 5) is 27.9. The number of oxime groups is 1. The Morgan fingerprint density at radius 3 is 2.70 bits per heavy atom. The first-order valence-electron chi connectivity index (χ1n) is 7.06. The van der Waals surface area contributed by atoms with Gasteiger partial charge in [0.1, 0.15) is 5.75 Å². The first-order valence-corrected chi connectivity index (χ1v) is 7.06. The van der Waals surface area contributed by atoms with E-state index in [1.54, 1.807) is 26.0 Å². The van der Waals surface area contributed by atoms with Crippen molar-refractivity contribution in [3.63, 3.8) is 0 Å². The number of carbonyl (C=O) groups is 2. The van der Waals surface area contributed by atoms with E-state index in [0.717, 1.165) is 0 Å². The van der Waals surface area contributed by atoms with Gasteiger partial charge in [-0.25, -0.2) is 5.01 Å². The standard InChI is InChI=1S/C15H19N3O5/c1-15(2)18(16-12(19)8-9-13(20)21)14(17-23-15)10-6-4-5-7-11(10)22-3/h4-7H,8-9H2,1-3H3,(H,16,19)(H,20,21). The van der Waals surface area contributed by atoms with Gasteiger partial charge in [-0.2, -0.15) is 0 Å². The van der Waals surface area contributed by atoms with Gasteiger partial charge < -0.3 is 14.7 Å². The maximum Gasteiger partial charge on any atom is 0.303 e. The summed E-state index contributed by atoms with van der Waals surface area (Å²) in [6.07, 6.45) is -0.386. The van der Waals surface area contributed by atoms with Crippen molar-refractivity contribution in [2.45, 2.75) is 32.4 Å². The van der Waals surface area contributed by atoms with Crippen LogP contribution in [0.1, 0.15) is 32.3 Å². The lowest BCUT2D eigenvalue weighted by Crippen LogP contribution is -2.54. The number of nitrogens with one attached hydrogen (secondary N) is 1. The summed E-state index contributed by atoms with van der Waals surface area (Å²) in [5.41, 5.74) is 2.39. The van der Waals surface area contributed by atoms with Crippen molar-refractivity contribution in [3.05, 3.63) is 29.8 Å². The Labute approximate surface area is 133 Å². The molecule has 2 N–H and O–H groups in total. The molecule has 8 nitrogen and oxygen atoms in total. The molecule has 0 saturated heterocycles. The maximum atomic E-state index is 12.0. The van der Waals surface area contributed by atoms with E-state index >= 15 is 0 Å². The van der Waals surface area contributed by atoms with Crippen LogP contribution in [0.15, 0.2) is 29.4 Å². The summed E-state index contributed by atoms with van der Waals surface area (Å²) in [5.74, 6) is -0.502. The normalized spacial score (nSPS) is 15.6.